The summed E-state index contributed by atoms with van der Waals surface area (Å²) < 4.78 is 0. The van der Waals surface area contributed by atoms with Crippen LogP contribution in [-0.2, 0) is 32.7 Å². The van der Waals surface area contributed by atoms with Crippen LogP contribution in [0.25, 0.3) is 0 Å². The summed E-state index contributed by atoms with van der Waals surface area (Å²) in [6.07, 6.45) is 3.30. The van der Waals surface area contributed by atoms with Crippen molar-refractivity contribution in [2.24, 2.45) is 11.8 Å². The molecule has 1 radical (unpaired) electrons. The molecule has 0 amide bonds. The van der Waals surface area contributed by atoms with Crippen LogP contribution in [-0.4, -0.2) is 0 Å². The van der Waals surface area contributed by atoms with E-state index < -0.39 is 0 Å². The van der Waals surface area contributed by atoms with Gasteiger partial charge in [-0.1, -0.05) is 40.5 Å². The van der Waals surface area contributed by atoms with Gasteiger partial charge in [0.25, 0.3) is 0 Å². The second-order valence-electron chi connectivity index (χ2n) is 3.64. The van der Waals surface area contributed by atoms with Crippen molar-refractivity contribution in [3.05, 3.63) is 23.8 Å². The normalized spacial score (nSPS) is 11.8. The van der Waals surface area contributed by atoms with Crippen LogP contribution >= 0.6 is 0 Å². The molecule has 67 valence electrons. The molecule has 0 rings (SSSR count). The Kier molecular flexibility index (Phi) is 8.83. The molecule has 0 unspecified atom stereocenters. The van der Waals surface area contributed by atoms with Gasteiger partial charge in [0.2, 0.25) is 0 Å². The maximum atomic E-state index is 3.94. The zero-order chi connectivity index (χ0) is 9.02. The monoisotopic (exact) mass is 240 g/mol. The molecular weight excluding hydrogens is 221 g/mol. The molecule has 0 saturated carbocycles. The first kappa shape index (κ1) is 15.1. The Morgan fingerprint density at radius 1 is 1.08 bits per heavy atom. The molecule has 0 atom stereocenters. The fourth-order valence-electron chi connectivity index (χ4n) is 0.542. The smallest absolute Gasteiger partial charge is 0 e. The van der Waals surface area contributed by atoms with Gasteiger partial charge in [0, 0.05) is 32.7 Å². The van der Waals surface area contributed by atoms with Crippen LogP contribution < -0.4 is 0 Å². The Balaban J connectivity index is 0. The predicted octanol–water partition coefficient (Wildman–Crippen LogP) is 3.60. The minimum Gasteiger partial charge on any atom is -0.248 e. The SMILES string of the molecule is C=C([C-]=C(C)C(C)C)C(C)C.[Y]. The van der Waals surface area contributed by atoms with Crippen molar-refractivity contribution in [3.63, 3.8) is 0 Å². The molecule has 0 aliphatic heterocycles. The van der Waals surface area contributed by atoms with E-state index >= 15 is 0 Å². The summed E-state index contributed by atoms with van der Waals surface area (Å²) >= 11 is 0. The van der Waals surface area contributed by atoms with Crippen molar-refractivity contribution in [2.45, 2.75) is 34.6 Å². The van der Waals surface area contributed by atoms with E-state index in [4.69, 9.17) is 0 Å². The van der Waals surface area contributed by atoms with Crippen LogP contribution in [0.15, 0.2) is 17.7 Å². The number of allylic oxidation sites excluding steroid dienone is 3. The summed E-state index contributed by atoms with van der Waals surface area (Å²) in [5.74, 6) is 1.11. The standard InChI is InChI=1S/C11H19.Y/c1-8(2)10(5)7-11(6)9(3)4;/h8-9H,5H2,1-4,6H3;/q-1;. The van der Waals surface area contributed by atoms with Gasteiger partial charge in [0.05, 0.1) is 0 Å². The fourth-order valence-corrected chi connectivity index (χ4v) is 0.542. The van der Waals surface area contributed by atoms with E-state index in [1.165, 1.54) is 5.57 Å². The topological polar surface area (TPSA) is 0 Å². The molecule has 0 fully saturated rings. The van der Waals surface area contributed by atoms with Crippen LogP contribution in [0.5, 0.6) is 0 Å². The molecule has 0 heterocycles. The van der Waals surface area contributed by atoms with Crippen molar-refractivity contribution >= 4 is 0 Å². The van der Waals surface area contributed by atoms with Gasteiger partial charge in [-0.25, -0.2) is 18.2 Å². The molecule has 0 aromatic rings. The third-order valence-corrected chi connectivity index (χ3v) is 1.92. The molecule has 0 saturated heterocycles. The number of hydrogen-bond donors (Lipinski definition) is 0. The summed E-state index contributed by atoms with van der Waals surface area (Å²) in [4.78, 5) is 0. The zero-order valence-corrected chi connectivity index (χ0v) is 11.8. The van der Waals surface area contributed by atoms with Crippen LogP contribution in [0, 0.1) is 17.9 Å². The summed E-state index contributed by atoms with van der Waals surface area (Å²) in [7, 11) is 0. The van der Waals surface area contributed by atoms with E-state index in [2.05, 4.69) is 47.3 Å². The fraction of sp³-hybridized carbons (Fsp3) is 0.636. The van der Waals surface area contributed by atoms with Gasteiger partial charge in [-0.05, 0) is 5.92 Å². The second kappa shape index (κ2) is 7.03. The van der Waals surface area contributed by atoms with E-state index in [-0.39, 0.29) is 32.7 Å². The summed E-state index contributed by atoms with van der Waals surface area (Å²) in [5, 5.41) is 0. The van der Waals surface area contributed by atoms with Crippen LogP contribution in [0.4, 0.5) is 0 Å². The molecule has 0 aliphatic carbocycles. The van der Waals surface area contributed by atoms with Gasteiger partial charge in [-0.3, -0.25) is 0 Å². The third-order valence-electron chi connectivity index (χ3n) is 1.92. The Hall–Kier alpha value is 0.584. The van der Waals surface area contributed by atoms with Gasteiger partial charge in [0.1, 0.15) is 0 Å². The summed E-state index contributed by atoms with van der Waals surface area (Å²) in [6.45, 7) is 14.7. The Labute approximate surface area is 102 Å². The second-order valence-corrected chi connectivity index (χ2v) is 3.64. The predicted molar refractivity (Wildman–Crippen MR) is 51.2 cm³/mol. The first-order chi connectivity index (χ1) is 4.95. The van der Waals surface area contributed by atoms with Crippen LogP contribution in [0.2, 0.25) is 0 Å². The molecule has 0 spiro atoms. The van der Waals surface area contributed by atoms with E-state index in [1.807, 2.05) is 0 Å². The van der Waals surface area contributed by atoms with Crippen molar-refractivity contribution in [1.29, 1.82) is 0 Å². The molecule has 0 aromatic carbocycles. The first-order valence-corrected chi connectivity index (χ1v) is 4.24. The van der Waals surface area contributed by atoms with Gasteiger partial charge < -0.3 is 0 Å². The maximum absolute atomic E-state index is 3.94. The molecule has 0 aromatic heterocycles. The van der Waals surface area contributed by atoms with Crippen LogP contribution in [0.3, 0.4) is 0 Å². The molecule has 12 heavy (non-hydrogen) atoms. The summed E-state index contributed by atoms with van der Waals surface area (Å²) in [5.41, 5.74) is 2.40. The molecular formula is C11H19Y-. The minimum atomic E-state index is 0. The zero-order valence-electron chi connectivity index (χ0n) is 8.94. The van der Waals surface area contributed by atoms with E-state index in [0.717, 1.165) is 5.57 Å². The van der Waals surface area contributed by atoms with E-state index in [1.54, 1.807) is 0 Å². The van der Waals surface area contributed by atoms with Gasteiger partial charge in [-0.2, -0.15) is 5.57 Å². The van der Waals surface area contributed by atoms with Crippen molar-refractivity contribution in [3.8, 4) is 0 Å². The van der Waals surface area contributed by atoms with Gasteiger partial charge >= 0.3 is 0 Å². The molecule has 0 nitrogen and oxygen atoms in total. The van der Waals surface area contributed by atoms with Crippen molar-refractivity contribution < 1.29 is 32.7 Å². The average Bonchev–Trinajstić information content (AvgIpc) is 1.87. The van der Waals surface area contributed by atoms with E-state index in [0.29, 0.717) is 11.8 Å². The quantitative estimate of drug-likeness (QED) is 0.522. The third kappa shape index (κ3) is 6.14. The number of rotatable bonds is 3. The van der Waals surface area contributed by atoms with E-state index in [9.17, 15) is 0 Å². The molecule has 0 N–H and O–H groups in total. The van der Waals surface area contributed by atoms with Crippen molar-refractivity contribution in [1.82, 2.24) is 0 Å². The Morgan fingerprint density at radius 3 is 1.75 bits per heavy atom. The Bertz CT molecular complexity index is 164. The molecule has 0 bridgehead atoms. The summed E-state index contributed by atoms with van der Waals surface area (Å²) in [6, 6.07) is 0. The number of hydrogen-bond acceptors (Lipinski definition) is 0. The maximum Gasteiger partial charge on any atom is 0 e. The van der Waals surface area contributed by atoms with Crippen molar-refractivity contribution in [2.75, 3.05) is 0 Å². The average molecular weight is 240 g/mol. The molecule has 0 aliphatic rings. The van der Waals surface area contributed by atoms with Gasteiger partial charge in [0.15, 0.2) is 0 Å². The first-order valence-electron chi connectivity index (χ1n) is 4.24. The van der Waals surface area contributed by atoms with Crippen LogP contribution in [0.1, 0.15) is 34.6 Å². The largest absolute Gasteiger partial charge is 0.248 e. The molecule has 1 heteroatoms. The Morgan fingerprint density at radius 2 is 1.50 bits per heavy atom. The van der Waals surface area contributed by atoms with Gasteiger partial charge in [-0.15, -0.1) is 0 Å². The minimum absolute atomic E-state index is 0.